The van der Waals surface area contributed by atoms with Crippen LogP contribution in [-0.2, 0) is 9.47 Å². The highest BCUT2D eigenvalue weighted by molar-refractivity contribution is 4.57. The third kappa shape index (κ3) is 9.96. The van der Waals surface area contributed by atoms with E-state index in [0.29, 0.717) is 19.1 Å². The highest BCUT2D eigenvalue weighted by atomic mass is 16.5. The van der Waals surface area contributed by atoms with E-state index < -0.39 is 0 Å². The van der Waals surface area contributed by atoms with Crippen LogP contribution in [0.4, 0.5) is 0 Å². The Morgan fingerprint density at radius 1 is 1.07 bits per heavy atom. The molecule has 0 spiro atoms. The molecular formula is C11H25NO2. The predicted molar refractivity (Wildman–Crippen MR) is 59.6 cm³/mol. The smallest absolute Gasteiger partial charge is 0.0700 e. The van der Waals surface area contributed by atoms with Crippen LogP contribution in [0.5, 0.6) is 0 Å². The average molecular weight is 203 g/mol. The molecule has 0 aliphatic carbocycles. The number of rotatable bonds is 9. The maximum Gasteiger partial charge on any atom is 0.0700 e. The van der Waals surface area contributed by atoms with Crippen LogP contribution < -0.4 is 5.32 Å². The van der Waals surface area contributed by atoms with E-state index in [0.717, 1.165) is 25.6 Å². The Balaban J connectivity index is 3.15. The Kier molecular flexibility index (Phi) is 9.35. The number of ether oxygens (including phenoxy) is 2. The number of nitrogens with one attached hydrogen (secondary N) is 1. The van der Waals surface area contributed by atoms with Crippen molar-refractivity contribution >= 4 is 0 Å². The molecule has 1 unspecified atom stereocenters. The average Bonchev–Trinajstić information content (AvgIpc) is 2.12. The lowest BCUT2D eigenvalue weighted by Gasteiger charge is -2.14. The molecule has 0 aliphatic rings. The molecular weight excluding hydrogens is 178 g/mol. The summed E-state index contributed by atoms with van der Waals surface area (Å²) in [6, 6.07) is 0. The second-order valence-corrected chi connectivity index (χ2v) is 4.22. The van der Waals surface area contributed by atoms with Gasteiger partial charge in [-0.15, -0.1) is 0 Å². The molecule has 3 heteroatoms. The van der Waals surface area contributed by atoms with Gasteiger partial charge in [0.1, 0.15) is 0 Å². The van der Waals surface area contributed by atoms with Crippen molar-refractivity contribution in [2.24, 2.45) is 11.8 Å². The minimum absolute atomic E-state index is 0.575. The molecule has 0 aromatic carbocycles. The van der Waals surface area contributed by atoms with Gasteiger partial charge in [-0.3, -0.25) is 0 Å². The summed E-state index contributed by atoms with van der Waals surface area (Å²) in [5, 5.41) is 3.41. The standard InChI is InChI=1S/C11H25NO2/c1-10(2)7-12-8-11(3)9-14-6-5-13-4/h10-12H,5-9H2,1-4H3. The van der Waals surface area contributed by atoms with Crippen LogP contribution in [0.15, 0.2) is 0 Å². The Morgan fingerprint density at radius 3 is 2.36 bits per heavy atom. The van der Waals surface area contributed by atoms with Gasteiger partial charge in [-0.05, 0) is 24.9 Å². The Hall–Kier alpha value is -0.120. The van der Waals surface area contributed by atoms with Crippen molar-refractivity contribution in [2.75, 3.05) is 40.0 Å². The van der Waals surface area contributed by atoms with Crippen molar-refractivity contribution in [1.29, 1.82) is 0 Å². The number of hydrogen-bond acceptors (Lipinski definition) is 3. The lowest BCUT2D eigenvalue weighted by molar-refractivity contribution is 0.0543. The highest BCUT2D eigenvalue weighted by Crippen LogP contribution is 1.95. The molecule has 1 N–H and O–H groups in total. The first-order valence-corrected chi connectivity index (χ1v) is 5.44. The van der Waals surface area contributed by atoms with Gasteiger partial charge in [0.15, 0.2) is 0 Å². The highest BCUT2D eigenvalue weighted by Gasteiger charge is 2.02. The van der Waals surface area contributed by atoms with E-state index in [4.69, 9.17) is 9.47 Å². The summed E-state index contributed by atoms with van der Waals surface area (Å²) in [7, 11) is 1.69. The van der Waals surface area contributed by atoms with E-state index in [9.17, 15) is 0 Å². The molecule has 14 heavy (non-hydrogen) atoms. The summed E-state index contributed by atoms with van der Waals surface area (Å²) in [6.07, 6.45) is 0. The van der Waals surface area contributed by atoms with E-state index in [-0.39, 0.29) is 0 Å². The molecule has 1 atom stereocenters. The zero-order chi connectivity index (χ0) is 10.8. The van der Waals surface area contributed by atoms with Crippen molar-refractivity contribution in [1.82, 2.24) is 5.32 Å². The molecule has 0 rings (SSSR count). The molecule has 0 saturated heterocycles. The molecule has 0 heterocycles. The molecule has 0 radical (unpaired) electrons. The first-order chi connectivity index (χ1) is 6.66. The second-order valence-electron chi connectivity index (χ2n) is 4.22. The Bertz CT molecular complexity index is 118. The van der Waals surface area contributed by atoms with Crippen LogP contribution in [0, 0.1) is 11.8 Å². The first kappa shape index (κ1) is 13.9. The first-order valence-electron chi connectivity index (χ1n) is 5.44. The van der Waals surface area contributed by atoms with Crippen molar-refractivity contribution in [3.05, 3.63) is 0 Å². The quantitative estimate of drug-likeness (QED) is 0.576. The van der Waals surface area contributed by atoms with Crippen LogP contribution in [-0.4, -0.2) is 40.0 Å². The third-order valence-corrected chi connectivity index (χ3v) is 1.88. The summed E-state index contributed by atoms with van der Waals surface area (Å²) in [4.78, 5) is 0. The Morgan fingerprint density at radius 2 is 1.79 bits per heavy atom. The monoisotopic (exact) mass is 203 g/mol. The third-order valence-electron chi connectivity index (χ3n) is 1.88. The molecule has 86 valence electrons. The Labute approximate surface area is 88.2 Å². The lowest BCUT2D eigenvalue weighted by atomic mass is 10.2. The predicted octanol–water partition coefficient (Wildman–Crippen LogP) is 1.53. The summed E-state index contributed by atoms with van der Waals surface area (Å²) >= 11 is 0. The molecule has 0 aliphatic heterocycles. The van der Waals surface area contributed by atoms with Crippen LogP contribution in [0.1, 0.15) is 20.8 Å². The van der Waals surface area contributed by atoms with E-state index in [1.807, 2.05) is 0 Å². The SMILES string of the molecule is COCCOCC(C)CNCC(C)C. The molecule has 3 nitrogen and oxygen atoms in total. The van der Waals surface area contributed by atoms with Gasteiger partial charge in [-0.2, -0.15) is 0 Å². The molecule has 0 saturated carbocycles. The maximum atomic E-state index is 5.43. The van der Waals surface area contributed by atoms with Gasteiger partial charge in [0.25, 0.3) is 0 Å². The topological polar surface area (TPSA) is 30.5 Å². The van der Waals surface area contributed by atoms with Gasteiger partial charge in [0.05, 0.1) is 19.8 Å². The minimum Gasteiger partial charge on any atom is -0.382 e. The van der Waals surface area contributed by atoms with Crippen molar-refractivity contribution in [3.63, 3.8) is 0 Å². The summed E-state index contributed by atoms with van der Waals surface area (Å²) < 4.78 is 10.3. The van der Waals surface area contributed by atoms with Crippen molar-refractivity contribution in [3.8, 4) is 0 Å². The summed E-state index contributed by atoms with van der Waals surface area (Å²) in [5.74, 6) is 1.29. The van der Waals surface area contributed by atoms with Crippen molar-refractivity contribution < 1.29 is 9.47 Å². The van der Waals surface area contributed by atoms with E-state index >= 15 is 0 Å². The van der Waals surface area contributed by atoms with Crippen LogP contribution in [0.2, 0.25) is 0 Å². The zero-order valence-corrected chi connectivity index (χ0v) is 10.0. The lowest BCUT2D eigenvalue weighted by Crippen LogP contribution is -2.27. The fourth-order valence-electron chi connectivity index (χ4n) is 1.10. The molecule has 0 bridgehead atoms. The molecule has 0 amide bonds. The van der Waals surface area contributed by atoms with E-state index in [1.165, 1.54) is 0 Å². The fraction of sp³-hybridized carbons (Fsp3) is 1.00. The minimum atomic E-state index is 0.575. The van der Waals surface area contributed by atoms with Crippen LogP contribution >= 0.6 is 0 Å². The van der Waals surface area contributed by atoms with Gasteiger partial charge < -0.3 is 14.8 Å². The summed E-state index contributed by atoms with van der Waals surface area (Å²) in [6.45, 7) is 10.9. The summed E-state index contributed by atoms with van der Waals surface area (Å²) in [5.41, 5.74) is 0. The van der Waals surface area contributed by atoms with Gasteiger partial charge in [0, 0.05) is 7.11 Å². The largest absolute Gasteiger partial charge is 0.382 e. The fourth-order valence-corrected chi connectivity index (χ4v) is 1.10. The molecule has 0 aromatic rings. The normalized spacial score (nSPS) is 13.5. The zero-order valence-electron chi connectivity index (χ0n) is 10.0. The molecule has 0 aromatic heterocycles. The number of methoxy groups -OCH3 is 1. The van der Waals surface area contributed by atoms with Gasteiger partial charge in [-0.25, -0.2) is 0 Å². The maximum absolute atomic E-state index is 5.43. The van der Waals surface area contributed by atoms with Gasteiger partial charge in [-0.1, -0.05) is 20.8 Å². The molecule has 0 fully saturated rings. The van der Waals surface area contributed by atoms with Crippen LogP contribution in [0.25, 0.3) is 0 Å². The van der Waals surface area contributed by atoms with Gasteiger partial charge >= 0.3 is 0 Å². The van der Waals surface area contributed by atoms with E-state index in [1.54, 1.807) is 7.11 Å². The van der Waals surface area contributed by atoms with Crippen molar-refractivity contribution in [2.45, 2.75) is 20.8 Å². The van der Waals surface area contributed by atoms with E-state index in [2.05, 4.69) is 26.1 Å². The van der Waals surface area contributed by atoms with Crippen LogP contribution in [0.3, 0.4) is 0 Å². The number of hydrogen-bond donors (Lipinski definition) is 1. The second kappa shape index (κ2) is 9.44. The van der Waals surface area contributed by atoms with Gasteiger partial charge in [0.2, 0.25) is 0 Å².